The maximum absolute atomic E-state index is 12.6. The molecule has 1 N–H and O–H groups in total. The van der Waals surface area contributed by atoms with Crippen molar-refractivity contribution in [3.63, 3.8) is 0 Å². The molecule has 1 aliphatic rings. The van der Waals surface area contributed by atoms with Crippen LogP contribution in [0.4, 0.5) is 10.5 Å². The fourth-order valence-corrected chi connectivity index (χ4v) is 3.05. The van der Waals surface area contributed by atoms with E-state index in [-0.39, 0.29) is 17.6 Å². The summed E-state index contributed by atoms with van der Waals surface area (Å²) in [4.78, 5) is 26.6. The van der Waals surface area contributed by atoms with Gasteiger partial charge in [0.1, 0.15) is 5.69 Å². The number of nitrogens with zero attached hydrogens (tertiary/aromatic N) is 4. The largest absolute Gasteiger partial charge is 0.322 e. The Morgan fingerprint density at radius 3 is 2.88 bits per heavy atom. The molecule has 0 unspecified atom stereocenters. The number of nitrogens with one attached hydrogen (secondary N) is 1. The van der Waals surface area contributed by atoms with Crippen molar-refractivity contribution < 1.29 is 4.79 Å². The van der Waals surface area contributed by atoms with Gasteiger partial charge in [-0.2, -0.15) is 5.10 Å². The highest BCUT2D eigenvalue weighted by molar-refractivity contribution is 5.90. The minimum absolute atomic E-state index is 0.179. The van der Waals surface area contributed by atoms with E-state index in [1.54, 1.807) is 18.1 Å². The van der Waals surface area contributed by atoms with Gasteiger partial charge >= 0.3 is 6.03 Å². The van der Waals surface area contributed by atoms with Crippen LogP contribution in [0.2, 0.25) is 0 Å². The number of urea groups is 1. The molecule has 0 saturated carbocycles. The Hall–Kier alpha value is -2.57. The summed E-state index contributed by atoms with van der Waals surface area (Å²) in [5.41, 5.74) is 2.03. The maximum atomic E-state index is 12.6. The summed E-state index contributed by atoms with van der Waals surface area (Å²) in [6.07, 6.45) is 7.45. The third kappa shape index (κ3) is 3.20. The molecule has 7 nitrogen and oxygen atoms in total. The molecule has 0 aromatic carbocycles. The molecule has 128 valence electrons. The van der Waals surface area contributed by atoms with Gasteiger partial charge in [-0.3, -0.25) is 9.48 Å². The molecule has 3 heterocycles. The van der Waals surface area contributed by atoms with Crippen molar-refractivity contribution in [1.82, 2.24) is 19.2 Å². The average molecular weight is 329 g/mol. The molecule has 24 heavy (non-hydrogen) atoms. The fourth-order valence-electron chi connectivity index (χ4n) is 3.05. The molecule has 1 fully saturated rings. The second-order valence-electron chi connectivity index (χ2n) is 6.46. The number of aryl methyl sites for hydroxylation is 3. The van der Waals surface area contributed by atoms with E-state index in [0.29, 0.717) is 18.8 Å². The van der Waals surface area contributed by atoms with Gasteiger partial charge in [0.2, 0.25) is 0 Å². The SMILES string of the molecule is Cc1cnn([C@@H]2CCCN(C(=O)Nc3c(C)ccn(C)c3=O)C2)c1. The lowest BCUT2D eigenvalue weighted by molar-refractivity contribution is 0.174. The number of likely N-dealkylation sites (tertiary alicyclic amines) is 1. The van der Waals surface area contributed by atoms with Crippen molar-refractivity contribution in [2.75, 3.05) is 18.4 Å². The summed E-state index contributed by atoms with van der Waals surface area (Å²) in [5.74, 6) is 0. The molecule has 0 aliphatic carbocycles. The van der Waals surface area contributed by atoms with E-state index in [9.17, 15) is 9.59 Å². The Morgan fingerprint density at radius 2 is 2.17 bits per heavy atom. The Kier molecular flexibility index (Phi) is 4.42. The van der Waals surface area contributed by atoms with E-state index in [2.05, 4.69) is 10.4 Å². The lowest BCUT2D eigenvalue weighted by Gasteiger charge is -2.33. The van der Waals surface area contributed by atoms with Gasteiger partial charge in [-0.05, 0) is 43.9 Å². The van der Waals surface area contributed by atoms with Gasteiger partial charge in [-0.1, -0.05) is 0 Å². The molecule has 0 spiro atoms. The van der Waals surface area contributed by atoms with Crippen molar-refractivity contribution in [2.24, 2.45) is 7.05 Å². The van der Waals surface area contributed by atoms with Gasteiger partial charge in [-0.25, -0.2) is 4.79 Å². The molecule has 2 amide bonds. The first-order valence-electron chi connectivity index (χ1n) is 8.18. The number of amides is 2. The van der Waals surface area contributed by atoms with Crippen LogP contribution in [0.1, 0.15) is 30.0 Å². The van der Waals surface area contributed by atoms with Crippen molar-refractivity contribution in [3.8, 4) is 0 Å². The molecule has 2 aromatic heterocycles. The Labute approximate surface area is 140 Å². The van der Waals surface area contributed by atoms with E-state index >= 15 is 0 Å². The standard InChI is InChI=1S/C17H23N5O2/c1-12-9-18-22(10-12)14-5-4-7-21(11-14)17(24)19-15-13(2)6-8-20(3)16(15)23/h6,8-10,14H,4-5,7,11H2,1-3H3,(H,19,24)/t14-/m1/s1. The van der Waals surface area contributed by atoms with Gasteiger partial charge in [0, 0.05) is 32.5 Å². The third-order valence-electron chi connectivity index (χ3n) is 4.50. The van der Waals surface area contributed by atoms with Crippen molar-refractivity contribution in [3.05, 3.63) is 46.1 Å². The number of anilines is 1. The zero-order valence-electron chi connectivity index (χ0n) is 14.3. The van der Waals surface area contributed by atoms with Gasteiger partial charge in [0.05, 0.1) is 12.2 Å². The van der Waals surface area contributed by atoms with Crippen LogP contribution < -0.4 is 10.9 Å². The summed E-state index contributed by atoms with van der Waals surface area (Å²) in [6, 6.07) is 1.77. The van der Waals surface area contributed by atoms with Crippen LogP contribution in [-0.2, 0) is 7.05 Å². The highest BCUT2D eigenvalue weighted by Crippen LogP contribution is 2.22. The smallest absolute Gasteiger partial charge is 0.322 e. The second-order valence-corrected chi connectivity index (χ2v) is 6.46. The van der Waals surface area contributed by atoms with E-state index in [4.69, 9.17) is 0 Å². The summed E-state index contributed by atoms with van der Waals surface area (Å²) in [5, 5.41) is 7.15. The van der Waals surface area contributed by atoms with Gasteiger partial charge < -0.3 is 14.8 Å². The third-order valence-corrected chi connectivity index (χ3v) is 4.50. The monoisotopic (exact) mass is 329 g/mol. The van der Waals surface area contributed by atoms with Gasteiger partial charge in [0.15, 0.2) is 0 Å². The van der Waals surface area contributed by atoms with E-state index < -0.39 is 0 Å². The van der Waals surface area contributed by atoms with Crippen LogP contribution >= 0.6 is 0 Å². The molecule has 1 saturated heterocycles. The number of carbonyl (C=O) groups excluding carboxylic acids is 1. The van der Waals surface area contributed by atoms with Crippen LogP contribution in [0.15, 0.2) is 29.5 Å². The molecule has 0 radical (unpaired) electrons. The van der Waals surface area contributed by atoms with Gasteiger partial charge in [-0.15, -0.1) is 0 Å². The highest BCUT2D eigenvalue weighted by Gasteiger charge is 2.26. The topological polar surface area (TPSA) is 72.2 Å². The number of pyridine rings is 1. The Balaban J connectivity index is 1.73. The normalized spacial score (nSPS) is 17.8. The number of aromatic nitrogens is 3. The number of hydrogen-bond donors (Lipinski definition) is 1. The lowest BCUT2D eigenvalue weighted by atomic mass is 10.1. The fraction of sp³-hybridized carbons (Fsp3) is 0.471. The summed E-state index contributed by atoms with van der Waals surface area (Å²) in [6.45, 7) is 5.11. The van der Waals surface area contributed by atoms with Crippen molar-refractivity contribution >= 4 is 11.7 Å². The first kappa shape index (κ1) is 16.3. The molecule has 0 bridgehead atoms. The first-order valence-corrected chi connectivity index (χ1v) is 8.18. The number of piperidine rings is 1. The van der Waals surface area contributed by atoms with Crippen LogP contribution in [0.25, 0.3) is 0 Å². The maximum Gasteiger partial charge on any atom is 0.322 e. The predicted octanol–water partition coefficient (Wildman–Crippen LogP) is 2.07. The molecule has 1 atom stereocenters. The van der Waals surface area contributed by atoms with E-state index in [0.717, 1.165) is 24.0 Å². The molecule has 2 aromatic rings. The zero-order valence-corrected chi connectivity index (χ0v) is 14.3. The highest BCUT2D eigenvalue weighted by atomic mass is 16.2. The van der Waals surface area contributed by atoms with Crippen molar-refractivity contribution in [1.29, 1.82) is 0 Å². The van der Waals surface area contributed by atoms with Crippen molar-refractivity contribution in [2.45, 2.75) is 32.7 Å². The van der Waals surface area contributed by atoms with E-state index in [1.807, 2.05) is 37.0 Å². The Morgan fingerprint density at radius 1 is 1.38 bits per heavy atom. The number of rotatable bonds is 2. The van der Waals surface area contributed by atoms with Crippen LogP contribution in [0.5, 0.6) is 0 Å². The Bertz CT molecular complexity index is 808. The average Bonchev–Trinajstić information content (AvgIpc) is 3.01. The molecule has 7 heteroatoms. The first-order chi connectivity index (χ1) is 11.5. The number of carbonyl (C=O) groups is 1. The minimum Gasteiger partial charge on any atom is -0.322 e. The number of hydrogen-bond acceptors (Lipinski definition) is 3. The van der Waals surface area contributed by atoms with Crippen LogP contribution in [-0.4, -0.2) is 38.4 Å². The quantitative estimate of drug-likeness (QED) is 0.917. The summed E-state index contributed by atoms with van der Waals surface area (Å²) < 4.78 is 3.40. The van der Waals surface area contributed by atoms with Crippen LogP contribution in [0, 0.1) is 13.8 Å². The molecular weight excluding hydrogens is 306 g/mol. The van der Waals surface area contributed by atoms with E-state index in [1.165, 1.54) is 4.57 Å². The molecular formula is C17H23N5O2. The predicted molar refractivity (Wildman–Crippen MR) is 92.2 cm³/mol. The second kappa shape index (κ2) is 6.51. The lowest BCUT2D eigenvalue weighted by Crippen LogP contribution is -2.44. The summed E-state index contributed by atoms with van der Waals surface area (Å²) >= 11 is 0. The minimum atomic E-state index is -0.227. The zero-order chi connectivity index (χ0) is 17.3. The van der Waals surface area contributed by atoms with Gasteiger partial charge in [0.25, 0.3) is 5.56 Å². The molecule has 3 rings (SSSR count). The molecule has 1 aliphatic heterocycles. The van der Waals surface area contributed by atoms with Crippen LogP contribution in [0.3, 0.4) is 0 Å². The summed E-state index contributed by atoms with van der Waals surface area (Å²) in [7, 11) is 1.68.